The number of fused-ring (bicyclic) bond motifs is 1. The fourth-order valence-corrected chi connectivity index (χ4v) is 5.44. The molecule has 1 aliphatic rings. The number of sulfonamides is 1. The predicted molar refractivity (Wildman–Crippen MR) is 117 cm³/mol. The SMILES string of the molecule is O=S(=O)(c1ccc2ccccc2c1)N(C[C@H](O)CN1CCCC1)c1ccccc1. The van der Waals surface area contributed by atoms with E-state index in [0.717, 1.165) is 36.7 Å². The number of β-amino-alcohol motifs (C(OH)–C–C–N with tert-alkyl or cyclic N) is 1. The molecule has 29 heavy (non-hydrogen) atoms. The lowest BCUT2D eigenvalue weighted by Crippen LogP contribution is -2.42. The zero-order chi connectivity index (χ0) is 20.3. The highest BCUT2D eigenvalue weighted by atomic mass is 32.2. The molecule has 0 radical (unpaired) electrons. The second-order valence-electron chi connectivity index (χ2n) is 7.54. The number of benzene rings is 3. The van der Waals surface area contributed by atoms with Gasteiger partial charge in [0, 0.05) is 6.54 Å². The molecule has 1 fully saturated rings. The summed E-state index contributed by atoms with van der Waals surface area (Å²) in [7, 11) is -3.82. The van der Waals surface area contributed by atoms with Crippen molar-refractivity contribution < 1.29 is 13.5 Å². The Labute approximate surface area is 172 Å². The Morgan fingerprint density at radius 1 is 0.897 bits per heavy atom. The van der Waals surface area contributed by atoms with Crippen LogP contribution in [0.25, 0.3) is 10.8 Å². The first kappa shape index (κ1) is 19.9. The number of para-hydroxylation sites is 1. The van der Waals surface area contributed by atoms with Crippen LogP contribution in [-0.4, -0.2) is 50.7 Å². The van der Waals surface area contributed by atoms with Crippen molar-refractivity contribution in [2.24, 2.45) is 0 Å². The summed E-state index contributed by atoms with van der Waals surface area (Å²) in [6.45, 7) is 2.42. The van der Waals surface area contributed by atoms with Gasteiger partial charge in [-0.2, -0.15) is 0 Å². The van der Waals surface area contributed by atoms with Crippen LogP contribution in [0.3, 0.4) is 0 Å². The van der Waals surface area contributed by atoms with E-state index in [-0.39, 0.29) is 11.4 Å². The third-order valence-corrected chi connectivity index (χ3v) is 7.19. The minimum atomic E-state index is -3.82. The highest BCUT2D eigenvalue weighted by Gasteiger charge is 2.28. The summed E-state index contributed by atoms with van der Waals surface area (Å²) in [6.07, 6.45) is 1.50. The van der Waals surface area contributed by atoms with Crippen molar-refractivity contribution in [3.63, 3.8) is 0 Å². The Kier molecular flexibility index (Phi) is 5.85. The Morgan fingerprint density at radius 3 is 2.28 bits per heavy atom. The topological polar surface area (TPSA) is 60.9 Å². The van der Waals surface area contributed by atoms with Gasteiger partial charge in [0.05, 0.1) is 23.2 Å². The molecule has 5 nitrogen and oxygen atoms in total. The molecule has 6 heteroatoms. The second kappa shape index (κ2) is 8.53. The summed E-state index contributed by atoms with van der Waals surface area (Å²) in [5.74, 6) is 0. The van der Waals surface area contributed by atoms with Crippen molar-refractivity contribution in [2.45, 2.75) is 23.8 Å². The molecule has 1 heterocycles. The monoisotopic (exact) mass is 410 g/mol. The zero-order valence-electron chi connectivity index (χ0n) is 16.3. The van der Waals surface area contributed by atoms with Crippen molar-refractivity contribution in [3.8, 4) is 0 Å². The summed E-state index contributed by atoms with van der Waals surface area (Å²) in [5, 5.41) is 12.5. The number of likely N-dealkylation sites (tertiary alicyclic amines) is 1. The van der Waals surface area contributed by atoms with E-state index in [4.69, 9.17) is 0 Å². The van der Waals surface area contributed by atoms with E-state index in [0.29, 0.717) is 12.2 Å². The average molecular weight is 411 g/mol. The van der Waals surface area contributed by atoms with Gasteiger partial charge in [0.2, 0.25) is 0 Å². The fourth-order valence-electron chi connectivity index (χ4n) is 3.90. The standard InChI is InChI=1S/C23H26N2O3S/c26-22(17-24-14-6-7-15-24)18-25(21-10-2-1-3-11-21)29(27,28)23-13-12-19-8-4-5-9-20(19)16-23/h1-5,8-13,16,22,26H,6-7,14-15,17-18H2/t22-/m1/s1. The van der Waals surface area contributed by atoms with Crippen LogP contribution in [-0.2, 0) is 10.0 Å². The molecule has 0 aliphatic carbocycles. The van der Waals surface area contributed by atoms with E-state index in [1.54, 1.807) is 24.3 Å². The van der Waals surface area contributed by atoms with Crippen molar-refractivity contribution >= 4 is 26.5 Å². The normalized spacial score (nSPS) is 16.2. The molecule has 0 unspecified atom stereocenters. The minimum Gasteiger partial charge on any atom is -0.390 e. The number of aliphatic hydroxyl groups is 1. The van der Waals surface area contributed by atoms with Gasteiger partial charge in [-0.15, -0.1) is 0 Å². The van der Waals surface area contributed by atoms with E-state index in [1.165, 1.54) is 4.31 Å². The van der Waals surface area contributed by atoms with Crippen molar-refractivity contribution in [3.05, 3.63) is 72.8 Å². The third-order valence-electron chi connectivity index (χ3n) is 5.40. The largest absolute Gasteiger partial charge is 0.390 e. The molecule has 4 rings (SSSR count). The van der Waals surface area contributed by atoms with Crippen LogP contribution in [0.1, 0.15) is 12.8 Å². The first-order chi connectivity index (χ1) is 14.0. The molecule has 1 aliphatic heterocycles. The van der Waals surface area contributed by atoms with E-state index in [9.17, 15) is 13.5 Å². The summed E-state index contributed by atoms with van der Waals surface area (Å²) < 4.78 is 28.4. The van der Waals surface area contributed by atoms with Gasteiger partial charge in [0.15, 0.2) is 0 Å². The summed E-state index contributed by atoms with van der Waals surface area (Å²) in [4.78, 5) is 2.42. The van der Waals surface area contributed by atoms with Gasteiger partial charge in [0.25, 0.3) is 10.0 Å². The quantitative estimate of drug-likeness (QED) is 0.648. The van der Waals surface area contributed by atoms with Crippen LogP contribution >= 0.6 is 0 Å². The molecular formula is C23H26N2O3S. The molecule has 1 saturated heterocycles. The average Bonchev–Trinajstić information content (AvgIpc) is 3.25. The first-order valence-electron chi connectivity index (χ1n) is 10.0. The summed E-state index contributed by atoms with van der Waals surface area (Å²) in [5.41, 5.74) is 0.557. The van der Waals surface area contributed by atoms with Crippen molar-refractivity contribution in [1.82, 2.24) is 4.90 Å². The van der Waals surface area contributed by atoms with E-state index in [2.05, 4.69) is 4.90 Å². The lowest BCUT2D eigenvalue weighted by molar-refractivity contribution is 0.132. The molecule has 3 aromatic carbocycles. The molecule has 1 N–H and O–H groups in total. The minimum absolute atomic E-state index is 0.0235. The Balaban J connectivity index is 1.66. The molecule has 0 saturated carbocycles. The van der Waals surface area contributed by atoms with Crippen LogP contribution in [0.5, 0.6) is 0 Å². The van der Waals surface area contributed by atoms with Crippen LogP contribution in [0.15, 0.2) is 77.7 Å². The number of aliphatic hydroxyl groups excluding tert-OH is 1. The number of anilines is 1. The number of hydrogen-bond acceptors (Lipinski definition) is 4. The lowest BCUT2D eigenvalue weighted by Gasteiger charge is -2.28. The van der Waals surface area contributed by atoms with Gasteiger partial charge in [-0.05, 0) is 61.0 Å². The Morgan fingerprint density at radius 2 is 1.55 bits per heavy atom. The van der Waals surface area contributed by atoms with Crippen LogP contribution in [0.4, 0.5) is 5.69 Å². The van der Waals surface area contributed by atoms with Gasteiger partial charge >= 0.3 is 0 Å². The second-order valence-corrected chi connectivity index (χ2v) is 9.40. The highest BCUT2D eigenvalue weighted by molar-refractivity contribution is 7.92. The molecule has 0 spiro atoms. The van der Waals surface area contributed by atoms with Gasteiger partial charge in [0.1, 0.15) is 0 Å². The van der Waals surface area contributed by atoms with Crippen LogP contribution in [0.2, 0.25) is 0 Å². The zero-order valence-corrected chi connectivity index (χ0v) is 17.1. The smallest absolute Gasteiger partial charge is 0.264 e. The molecule has 0 aromatic heterocycles. The van der Waals surface area contributed by atoms with Gasteiger partial charge in [-0.25, -0.2) is 8.42 Å². The number of nitrogens with zero attached hydrogens (tertiary/aromatic N) is 2. The van der Waals surface area contributed by atoms with Crippen molar-refractivity contribution in [1.29, 1.82) is 0 Å². The Hall–Kier alpha value is -2.41. The molecule has 1 atom stereocenters. The molecule has 0 amide bonds. The Bertz CT molecular complexity index is 1060. The first-order valence-corrected chi connectivity index (χ1v) is 11.4. The van der Waals surface area contributed by atoms with Gasteiger partial charge in [-0.1, -0.05) is 48.5 Å². The maximum Gasteiger partial charge on any atom is 0.264 e. The third kappa shape index (κ3) is 4.45. The predicted octanol–water partition coefficient (Wildman–Crippen LogP) is 3.49. The number of hydrogen-bond donors (Lipinski definition) is 1. The summed E-state index contributed by atoms with van der Waals surface area (Å²) >= 11 is 0. The van der Waals surface area contributed by atoms with Crippen LogP contribution < -0.4 is 4.31 Å². The van der Waals surface area contributed by atoms with Crippen molar-refractivity contribution in [2.75, 3.05) is 30.5 Å². The van der Waals surface area contributed by atoms with E-state index < -0.39 is 16.1 Å². The highest BCUT2D eigenvalue weighted by Crippen LogP contribution is 2.26. The number of rotatable bonds is 7. The van der Waals surface area contributed by atoms with Gasteiger partial charge in [-0.3, -0.25) is 4.31 Å². The summed E-state index contributed by atoms with van der Waals surface area (Å²) in [6, 6.07) is 21.9. The maximum atomic E-state index is 13.6. The lowest BCUT2D eigenvalue weighted by atomic mass is 10.1. The van der Waals surface area contributed by atoms with E-state index >= 15 is 0 Å². The maximum absolute atomic E-state index is 13.6. The molecule has 3 aromatic rings. The van der Waals surface area contributed by atoms with E-state index in [1.807, 2.05) is 48.5 Å². The fraction of sp³-hybridized carbons (Fsp3) is 0.304. The van der Waals surface area contributed by atoms with Gasteiger partial charge < -0.3 is 10.0 Å². The molecular weight excluding hydrogens is 384 g/mol. The molecule has 152 valence electrons. The van der Waals surface area contributed by atoms with Crippen LogP contribution in [0, 0.1) is 0 Å². The molecule has 0 bridgehead atoms.